The third-order valence-electron chi connectivity index (χ3n) is 3.49. The zero-order chi connectivity index (χ0) is 18.1. The fourth-order valence-electron chi connectivity index (χ4n) is 2.21. The minimum atomic E-state index is 0.0278. The van der Waals surface area contributed by atoms with Gasteiger partial charge in [0.15, 0.2) is 5.96 Å². The Hall–Kier alpha value is -3.02. The summed E-state index contributed by atoms with van der Waals surface area (Å²) in [6.07, 6.45) is 1.36. The van der Waals surface area contributed by atoms with E-state index >= 15 is 0 Å². The molecular formula is C19H24N4O2. The van der Waals surface area contributed by atoms with Crippen LogP contribution in [0.3, 0.4) is 0 Å². The zero-order valence-corrected chi connectivity index (χ0v) is 14.6. The van der Waals surface area contributed by atoms with Gasteiger partial charge in [0, 0.05) is 23.9 Å². The van der Waals surface area contributed by atoms with Gasteiger partial charge in [-0.2, -0.15) is 0 Å². The number of hydrogen-bond donors (Lipinski definition) is 3. The first kappa shape index (κ1) is 18.3. The average Bonchev–Trinajstić information content (AvgIpc) is 2.61. The standard InChI is InChI=1S/C19H24N4O2/c1-3-5-18(24)22-15-10-8-14(9-11-15)13-21-19(20)23-16-6-4-7-17(12-16)25-2/h4,6-12H,3,5,13H2,1-2H3,(H,22,24)(H3,20,21,23). The van der Waals surface area contributed by atoms with Crippen molar-refractivity contribution in [1.82, 2.24) is 0 Å². The second-order valence-corrected chi connectivity index (χ2v) is 5.55. The van der Waals surface area contributed by atoms with Gasteiger partial charge < -0.3 is 21.1 Å². The maximum atomic E-state index is 11.6. The first-order chi connectivity index (χ1) is 12.1. The molecule has 0 saturated carbocycles. The number of guanidine groups is 1. The Labute approximate surface area is 148 Å². The van der Waals surface area contributed by atoms with Crippen LogP contribution in [0.2, 0.25) is 0 Å². The molecule has 2 rings (SSSR count). The van der Waals surface area contributed by atoms with Crippen LogP contribution in [0.4, 0.5) is 11.4 Å². The molecule has 0 aliphatic rings. The molecule has 1 amide bonds. The van der Waals surface area contributed by atoms with Gasteiger partial charge in [-0.3, -0.25) is 4.79 Å². The first-order valence-electron chi connectivity index (χ1n) is 8.20. The molecule has 0 unspecified atom stereocenters. The average molecular weight is 340 g/mol. The predicted molar refractivity (Wildman–Crippen MR) is 102 cm³/mol. The van der Waals surface area contributed by atoms with Crippen molar-refractivity contribution in [3.8, 4) is 5.75 Å². The number of benzene rings is 2. The molecular weight excluding hydrogens is 316 g/mol. The Morgan fingerprint density at radius 3 is 2.56 bits per heavy atom. The lowest BCUT2D eigenvalue weighted by atomic mass is 10.2. The molecule has 25 heavy (non-hydrogen) atoms. The predicted octanol–water partition coefficient (Wildman–Crippen LogP) is 3.36. The van der Waals surface area contributed by atoms with Gasteiger partial charge in [0.25, 0.3) is 0 Å². The number of hydrogen-bond acceptors (Lipinski definition) is 3. The molecule has 2 aromatic rings. The lowest BCUT2D eigenvalue weighted by Crippen LogP contribution is -2.22. The van der Waals surface area contributed by atoms with E-state index < -0.39 is 0 Å². The Morgan fingerprint density at radius 1 is 1.12 bits per heavy atom. The lowest BCUT2D eigenvalue weighted by Gasteiger charge is -2.08. The van der Waals surface area contributed by atoms with Gasteiger partial charge >= 0.3 is 0 Å². The van der Waals surface area contributed by atoms with Gasteiger partial charge in [0.1, 0.15) is 5.75 Å². The van der Waals surface area contributed by atoms with Gasteiger partial charge in [-0.05, 0) is 36.2 Å². The maximum Gasteiger partial charge on any atom is 0.224 e. The molecule has 0 fully saturated rings. The number of rotatable bonds is 7. The van der Waals surface area contributed by atoms with Gasteiger partial charge in [0.2, 0.25) is 5.91 Å². The number of anilines is 2. The van der Waals surface area contributed by atoms with Crippen LogP contribution in [-0.2, 0) is 11.3 Å². The molecule has 132 valence electrons. The van der Waals surface area contributed by atoms with Crippen molar-refractivity contribution in [2.24, 2.45) is 10.7 Å². The Bertz CT molecular complexity index is 726. The van der Waals surface area contributed by atoms with E-state index in [1.54, 1.807) is 7.11 Å². The summed E-state index contributed by atoms with van der Waals surface area (Å²) < 4.78 is 5.17. The Kier molecular flexibility index (Phi) is 6.83. The van der Waals surface area contributed by atoms with Crippen LogP contribution in [0.15, 0.2) is 53.5 Å². The number of carbonyl (C=O) groups is 1. The molecule has 0 bridgehead atoms. The number of methoxy groups -OCH3 is 1. The van der Waals surface area contributed by atoms with Gasteiger partial charge in [-0.15, -0.1) is 0 Å². The van der Waals surface area contributed by atoms with E-state index in [1.807, 2.05) is 55.5 Å². The van der Waals surface area contributed by atoms with Crippen molar-refractivity contribution < 1.29 is 9.53 Å². The summed E-state index contributed by atoms with van der Waals surface area (Å²) in [4.78, 5) is 15.9. The van der Waals surface area contributed by atoms with Crippen molar-refractivity contribution in [1.29, 1.82) is 0 Å². The molecule has 0 heterocycles. The fraction of sp³-hybridized carbons (Fsp3) is 0.263. The maximum absolute atomic E-state index is 11.6. The highest BCUT2D eigenvalue weighted by atomic mass is 16.5. The Balaban J connectivity index is 1.90. The largest absolute Gasteiger partial charge is 0.497 e. The number of amides is 1. The molecule has 0 atom stereocenters. The monoisotopic (exact) mass is 340 g/mol. The normalized spacial score (nSPS) is 11.0. The highest BCUT2D eigenvalue weighted by molar-refractivity contribution is 5.92. The SMILES string of the molecule is CCCC(=O)Nc1ccc(CN=C(N)Nc2cccc(OC)c2)cc1. The molecule has 6 heteroatoms. The summed E-state index contributed by atoms with van der Waals surface area (Å²) in [6.45, 7) is 2.43. The summed E-state index contributed by atoms with van der Waals surface area (Å²) in [7, 11) is 1.62. The number of aliphatic imine (C=N–C) groups is 1. The van der Waals surface area contributed by atoms with E-state index in [0.29, 0.717) is 18.9 Å². The third kappa shape index (κ3) is 6.18. The number of nitrogens with one attached hydrogen (secondary N) is 2. The van der Waals surface area contributed by atoms with Gasteiger partial charge in [-0.1, -0.05) is 25.1 Å². The molecule has 0 radical (unpaired) electrons. The summed E-state index contributed by atoms with van der Waals surface area (Å²) in [5.41, 5.74) is 8.52. The van der Waals surface area contributed by atoms with Crippen LogP contribution >= 0.6 is 0 Å². The topological polar surface area (TPSA) is 88.7 Å². The van der Waals surface area contributed by atoms with Crippen molar-refractivity contribution in [2.75, 3.05) is 17.7 Å². The lowest BCUT2D eigenvalue weighted by molar-refractivity contribution is -0.116. The summed E-state index contributed by atoms with van der Waals surface area (Å²) in [5, 5.41) is 5.88. The summed E-state index contributed by atoms with van der Waals surface area (Å²) >= 11 is 0. The van der Waals surface area contributed by atoms with Crippen molar-refractivity contribution in [2.45, 2.75) is 26.3 Å². The number of nitrogens with two attached hydrogens (primary N) is 1. The van der Waals surface area contributed by atoms with E-state index in [1.165, 1.54) is 0 Å². The van der Waals surface area contributed by atoms with Crippen LogP contribution in [-0.4, -0.2) is 19.0 Å². The highest BCUT2D eigenvalue weighted by Gasteiger charge is 2.01. The quantitative estimate of drug-likeness (QED) is 0.532. The van der Waals surface area contributed by atoms with Crippen LogP contribution < -0.4 is 21.1 Å². The fourth-order valence-corrected chi connectivity index (χ4v) is 2.21. The van der Waals surface area contributed by atoms with E-state index in [-0.39, 0.29) is 5.91 Å². The van der Waals surface area contributed by atoms with E-state index in [4.69, 9.17) is 10.5 Å². The minimum absolute atomic E-state index is 0.0278. The van der Waals surface area contributed by atoms with E-state index in [9.17, 15) is 4.79 Å². The van der Waals surface area contributed by atoms with Crippen LogP contribution in [0.5, 0.6) is 5.75 Å². The molecule has 0 aliphatic heterocycles. The number of carbonyl (C=O) groups excluding carboxylic acids is 1. The molecule has 6 nitrogen and oxygen atoms in total. The molecule has 0 saturated heterocycles. The van der Waals surface area contributed by atoms with Crippen molar-refractivity contribution >= 4 is 23.2 Å². The molecule has 4 N–H and O–H groups in total. The summed E-state index contributed by atoms with van der Waals surface area (Å²) in [6, 6.07) is 15.0. The van der Waals surface area contributed by atoms with Crippen molar-refractivity contribution in [3.05, 3.63) is 54.1 Å². The van der Waals surface area contributed by atoms with Gasteiger partial charge in [-0.25, -0.2) is 4.99 Å². The first-order valence-corrected chi connectivity index (χ1v) is 8.20. The molecule has 0 aliphatic carbocycles. The van der Waals surface area contributed by atoms with E-state index in [2.05, 4.69) is 15.6 Å². The molecule has 0 aromatic heterocycles. The third-order valence-corrected chi connectivity index (χ3v) is 3.49. The molecule has 0 spiro atoms. The van der Waals surface area contributed by atoms with Crippen LogP contribution in [0, 0.1) is 0 Å². The van der Waals surface area contributed by atoms with E-state index in [0.717, 1.165) is 29.1 Å². The number of nitrogens with zero attached hydrogens (tertiary/aromatic N) is 1. The van der Waals surface area contributed by atoms with Gasteiger partial charge in [0.05, 0.1) is 13.7 Å². The van der Waals surface area contributed by atoms with Crippen LogP contribution in [0.25, 0.3) is 0 Å². The number of ether oxygens (including phenoxy) is 1. The van der Waals surface area contributed by atoms with Crippen molar-refractivity contribution in [3.63, 3.8) is 0 Å². The molecule has 2 aromatic carbocycles. The summed E-state index contributed by atoms with van der Waals surface area (Å²) in [5.74, 6) is 1.10. The second kappa shape index (κ2) is 9.32. The Morgan fingerprint density at radius 2 is 1.88 bits per heavy atom. The second-order valence-electron chi connectivity index (χ2n) is 5.55. The highest BCUT2D eigenvalue weighted by Crippen LogP contribution is 2.16. The van der Waals surface area contributed by atoms with Crippen LogP contribution in [0.1, 0.15) is 25.3 Å². The minimum Gasteiger partial charge on any atom is -0.497 e. The zero-order valence-electron chi connectivity index (χ0n) is 14.6. The smallest absolute Gasteiger partial charge is 0.224 e.